The monoisotopic (exact) mass is 289 g/mol. The maximum atomic E-state index is 12.3. The lowest BCUT2D eigenvalue weighted by Crippen LogP contribution is -2.47. The Labute approximate surface area is 127 Å². The smallest absolute Gasteiger partial charge is 0.238 e. The zero-order valence-electron chi connectivity index (χ0n) is 13.1. The van der Waals surface area contributed by atoms with Crippen LogP contribution in [0.2, 0.25) is 0 Å². The highest BCUT2D eigenvalue weighted by Gasteiger charge is 2.23. The van der Waals surface area contributed by atoms with Crippen LogP contribution in [-0.2, 0) is 4.79 Å². The number of benzene rings is 1. The summed E-state index contributed by atoms with van der Waals surface area (Å²) in [6.07, 6.45) is 3.48. The van der Waals surface area contributed by atoms with Crippen molar-refractivity contribution in [3.8, 4) is 0 Å². The molecule has 1 aromatic rings. The largest absolute Gasteiger partial charge is 0.329 e. The third kappa shape index (κ3) is 4.29. The number of para-hydroxylation sites is 1. The van der Waals surface area contributed by atoms with Gasteiger partial charge < -0.3 is 11.1 Å². The number of nitrogens with two attached hydrogens (primary N) is 1. The van der Waals surface area contributed by atoms with Crippen LogP contribution in [0.1, 0.15) is 44.6 Å². The van der Waals surface area contributed by atoms with E-state index in [4.69, 9.17) is 5.73 Å². The van der Waals surface area contributed by atoms with E-state index in [-0.39, 0.29) is 5.91 Å². The molecule has 1 heterocycles. The first kappa shape index (κ1) is 16.0. The number of nitrogens with zero attached hydrogens (tertiary/aromatic N) is 1. The van der Waals surface area contributed by atoms with Gasteiger partial charge in [0.25, 0.3) is 0 Å². The van der Waals surface area contributed by atoms with E-state index in [0.717, 1.165) is 25.1 Å². The number of piperidine rings is 1. The van der Waals surface area contributed by atoms with Crippen LogP contribution in [0.5, 0.6) is 0 Å². The van der Waals surface area contributed by atoms with E-state index in [2.05, 4.69) is 30.1 Å². The molecule has 0 radical (unpaired) electrons. The van der Waals surface area contributed by atoms with Crippen LogP contribution in [0.4, 0.5) is 5.69 Å². The van der Waals surface area contributed by atoms with Crippen molar-refractivity contribution in [2.24, 2.45) is 5.73 Å². The lowest BCUT2D eigenvalue weighted by atomic mass is 10.0. The summed E-state index contributed by atoms with van der Waals surface area (Å²) in [5.41, 5.74) is 7.92. The quantitative estimate of drug-likeness (QED) is 0.876. The first-order chi connectivity index (χ1) is 10.1. The second-order valence-corrected chi connectivity index (χ2v) is 6.15. The van der Waals surface area contributed by atoms with Crippen molar-refractivity contribution in [2.75, 3.05) is 25.0 Å². The highest BCUT2D eigenvalue weighted by atomic mass is 16.2. The topological polar surface area (TPSA) is 58.4 Å². The van der Waals surface area contributed by atoms with Gasteiger partial charge in [-0.3, -0.25) is 9.69 Å². The number of carbonyl (C=O) groups is 1. The van der Waals surface area contributed by atoms with Gasteiger partial charge in [0.1, 0.15) is 0 Å². The van der Waals surface area contributed by atoms with Gasteiger partial charge in [0.2, 0.25) is 5.91 Å². The van der Waals surface area contributed by atoms with Gasteiger partial charge in [-0.05, 0) is 36.9 Å². The van der Waals surface area contributed by atoms with Gasteiger partial charge in [-0.15, -0.1) is 0 Å². The fourth-order valence-electron chi connectivity index (χ4n) is 3.02. The molecule has 1 unspecified atom stereocenters. The molecule has 0 aromatic heterocycles. The Morgan fingerprint density at radius 1 is 1.38 bits per heavy atom. The maximum absolute atomic E-state index is 12.3. The van der Waals surface area contributed by atoms with E-state index >= 15 is 0 Å². The van der Waals surface area contributed by atoms with Crippen LogP contribution >= 0.6 is 0 Å². The van der Waals surface area contributed by atoms with Gasteiger partial charge in [-0.2, -0.15) is 0 Å². The van der Waals surface area contributed by atoms with Crippen molar-refractivity contribution in [3.05, 3.63) is 29.8 Å². The fourth-order valence-corrected chi connectivity index (χ4v) is 3.02. The van der Waals surface area contributed by atoms with E-state index in [0.29, 0.717) is 25.0 Å². The lowest BCUT2D eigenvalue weighted by Gasteiger charge is -2.34. The molecule has 4 heteroatoms. The Kier molecular flexibility index (Phi) is 5.76. The van der Waals surface area contributed by atoms with Crippen molar-refractivity contribution in [3.63, 3.8) is 0 Å². The Bertz CT molecular complexity index is 473. The van der Waals surface area contributed by atoms with Crippen molar-refractivity contribution in [1.82, 2.24) is 4.90 Å². The van der Waals surface area contributed by atoms with Gasteiger partial charge >= 0.3 is 0 Å². The average molecular weight is 289 g/mol. The van der Waals surface area contributed by atoms with Crippen LogP contribution in [0.3, 0.4) is 0 Å². The summed E-state index contributed by atoms with van der Waals surface area (Å²) in [5, 5.41) is 3.06. The van der Waals surface area contributed by atoms with Crippen LogP contribution in [0.25, 0.3) is 0 Å². The zero-order chi connectivity index (χ0) is 15.2. The molecular weight excluding hydrogens is 262 g/mol. The van der Waals surface area contributed by atoms with E-state index in [1.54, 1.807) is 0 Å². The number of likely N-dealkylation sites (tertiary alicyclic amines) is 1. The minimum atomic E-state index is 0.0588. The van der Waals surface area contributed by atoms with Crippen molar-refractivity contribution in [1.29, 1.82) is 0 Å². The summed E-state index contributed by atoms with van der Waals surface area (Å²) < 4.78 is 0. The molecule has 21 heavy (non-hydrogen) atoms. The predicted octanol–water partition coefficient (Wildman–Crippen LogP) is 2.56. The molecule has 1 saturated heterocycles. The number of nitrogens with one attached hydrogen (secondary N) is 1. The molecule has 0 aliphatic carbocycles. The van der Waals surface area contributed by atoms with Crippen LogP contribution < -0.4 is 11.1 Å². The van der Waals surface area contributed by atoms with Crippen molar-refractivity contribution >= 4 is 11.6 Å². The third-order valence-corrected chi connectivity index (χ3v) is 4.22. The van der Waals surface area contributed by atoms with E-state index < -0.39 is 0 Å². The molecule has 0 spiro atoms. The van der Waals surface area contributed by atoms with E-state index in [9.17, 15) is 4.79 Å². The van der Waals surface area contributed by atoms with Gasteiger partial charge in [0.15, 0.2) is 0 Å². The Morgan fingerprint density at radius 3 is 2.86 bits per heavy atom. The summed E-state index contributed by atoms with van der Waals surface area (Å²) in [6.45, 7) is 6.32. The summed E-state index contributed by atoms with van der Waals surface area (Å²) >= 11 is 0. The Balaban J connectivity index is 1.98. The predicted molar refractivity (Wildman–Crippen MR) is 87.4 cm³/mol. The fraction of sp³-hybridized carbons (Fsp3) is 0.588. The Hall–Kier alpha value is -1.39. The van der Waals surface area contributed by atoms with Gasteiger partial charge in [-0.1, -0.05) is 38.5 Å². The molecule has 1 aromatic carbocycles. The summed E-state index contributed by atoms with van der Waals surface area (Å²) in [4.78, 5) is 14.5. The van der Waals surface area contributed by atoms with Gasteiger partial charge in [0, 0.05) is 18.3 Å². The normalized spacial score (nSPS) is 19.7. The first-order valence-electron chi connectivity index (χ1n) is 7.94. The number of anilines is 1. The highest BCUT2D eigenvalue weighted by Crippen LogP contribution is 2.24. The van der Waals surface area contributed by atoms with Gasteiger partial charge in [-0.25, -0.2) is 0 Å². The van der Waals surface area contributed by atoms with Crippen LogP contribution in [0.15, 0.2) is 24.3 Å². The second kappa shape index (κ2) is 7.57. The second-order valence-electron chi connectivity index (χ2n) is 6.15. The first-order valence-corrected chi connectivity index (χ1v) is 7.94. The zero-order valence-corrected chi connectivity index (χ0v) is 13.1. The molecule has 1 aliphatic rings. The minimum Gasteiger partial charge on any atom is -0.329 e. The molecule has 2 rings (SSSR count). The number of carbonyl (C=O) groups excluding carboxylic acids is 1. The summed E-state index contributed by atoms with van der Waals surface area (Å²) in [6, 6.07) is 8.38. The summed E-state index contributed by atoms with van der Waals surface area (Å²) in [7, 11) is 0. The highest BCUT2D eigenvalue weighted by molar-refractivity contribution is 5.93. The van der Waals surface area contributed by atoms with E-state index in [1.165, 1.54) is 12.0 Å². The van der Waals surface area contributed by atoms with Crippen molar-refractivity contribution < 1.29 is 4.79 Å². The molecule has 1 fully saturated rings. The number of hydrogen-bond acceptors (Lipinski definition) is 3. The molecule has 116 valence electrons. The van der Waals surface area contributed by atoms with Gasteiger partial charge in [0.05, 0.1) is 6.54 Å². The SMILES string of the molecule is CC(C)c1ccccc1NC(=O)CN1CCCCC1CN. The molecule has 1 atom stereocenters. The molecule has 4 nitrogen and oxygen atoms in total. The van der Waals surface area contributed by atoms with E-state index in [1.807, 2.05) is 18.2 Å². The minimum absolute atomic E-state index is 0.0588. The summed E-state index contributed by atoms with van der Waals surface area (Å²) in [5.74, 6) is 0.455. The van der Waals surface area contributed by atoms with Crippen molar-refractivity contribution in [2.45, 2.75) is 45.1 Å². The van der Waals surface area contributed by atoms with Crippen LogP contribution in [0, 0.1) is 0 Å². The third-order valence-electron chi connectivity index (χ3n) is 4.22. The van der Waals surface area contributed by atoms with Crippen LogP contribution in [-0.4, -0.2) is 36.5 Å². The molecule has 1 amide bonds. The standard InChI is InChI=1S/C17H27N3O/c1-13(2)15-8-3-4-9-16(15)19-17(21)12-20-10-6-5-7-14(20)11-18/h3-4,8-9,13-14H,5-7,10-12,18H2,1-2H3,(H,19,21). The molecule has 0 bridgehead atoms. The number of hydrogen-bond donors (Lipinski definition) is 2. The number of amides is 1. The average Bonchev–Trinajstić information content (AvgIpc) is 2.48. The maximum Gasteiger partial charge on any atom is 0.238 e. The Morgan fingerprint density at radius 2 is 2.14 bits per heavy atom. The lowest BCUT2D eigenvalue weighted by molar-refractivity contribution is -0.118. The molecule has 1 aliphatic heterocycles. The molecular formula is C17H27N3O. The molecule has 3 N–H and O–H groups in total. The number of rotatable bonds is 5. The molecule has 0 saturated carbocycles.